The fourth-order valence-electron chi connectivity index (χ4n) is 3.63. The number of aryl methyl sites for hydroxylation is 3. The molecule has 0 aromatic heterocycles. The summed E-state index contributed by atoms with van der Waals surface area (Å²) >= 11 is 1.28. The third-order valence-corrected chi connectivity index (χ3v) is 6.28. The molecule has 184 valence electrons. The molecule has 1 aliphatic heterocycles. The Bertz CT molecular complexity index is 1380. The molecule has 4 rings (SSSR count). The Labute approximate surface area is 214 Å². The molecule has 2 amide bonds. The quantitative estimate of drug-likeness (QED) is 0.416. The minimum absolute atomic E-state index is 0.165. The number of rotatable bonds is 7. The normalized spacial score (nSPS) is 15.2. The minimum atomic E-state index is -0.275. The molecule has 3 aromatic rings. The lowest BCUT2D eigenvalue weighted by Gasteiger charge is -2.12. The van der Waals surface area contributed by atoms with Gasteiger partial charge < -0.3 is 20.1 Å². The number of thioether (sulfide) groups is 1. The molecule has 0 spiro atoms. The Hall–Kier alpha value is -4.04. The molecule has 3 aromatic carbocycles. The first-order chi connectivity index (χ1) is 17.3. The molecule has 0 atom stereocenters. The van der Waals surface area contributed by atoms with E-state index >= 15 is 0 Å². The van der Waals surface area contributed by atoms with E-state index in [1.54, 1.807) is 24.3 Å². The summed E-state index contributed by atoms with van der Waals surface area (Å²) in [6.45, 7) is 5.82. The standard InChI is InChI=1S/C28H27N3O4S/c1-17-6-5-7-21(13-17)29-26(32)16-35-23-11-9-20(14-24(23)34-4)15-25-27(33)31-28(36-25)30-22-10-8-18(2)12-19(22)3/h5-15H,16H2,1-4H3,(H,29,32)(H,30,31,33)/b25-15-. The van der Waals surface area contributed by atoms with E-state index in [-0.39, 0.29) is 18.4 Å². The van der Waals surface area contributed by atoms with E-state index in [9.17, 15) is 9.59 Å². The molecule has 0 aliphatic carbocycles. The number of methoxy groups -OCH3 is 1. The van der Waals surface area contributed by atoms with Crippen molar-refractivity contribution in [3.8, 4) is 11.5 Å². The topological polar surface area (TPSA) is 89.0 Å². The van der Waals surface area contributed by atoms with Gasteiger partial charge in [0.1, 0.15) is 0 Å². The van der Waals surface area contributed by atoms with Gasteiger partial charge in [-0.25, -0.2) is 4.99 Å². The molecule has 0 radical (unpaired) electrons. The van der Waals surface area contributed by atoms with E-state index in [2.05, 4.69) is 21.7 Å². The molecule has 0 bridgehead atoms. The first-order valence-electron chi connectivity index (χ1n) is 11.3. The summed E-state index contributed by atoms with van der Waals surface area (Å²) in [5.74, 6) is 0.402. The number of aliphatic imine (C=N–C) groups is 1. The summed E-state index contributed by atoms with van der Waals surface area (Å²) in [5.41, 5.74) is 5.55. The van der Waals surface area contributed by atoms with Crippen LogP contribution in [-0.4, -0.2) is 30.7 Å². The second kappa shape index (κ2) is 11.1. The van der Waals surface area contributed by atoms with Crippen molar-refractivity contribution in [2.75, 3.05) is 19.0 Å². The van der Waals surface area contributed by atoms with E-state index in [1.165, 1.54) is 18.9 Å². The minimum Gasteiger partial charge on any atom is -0.493 e. The van der Waals surface area contributed by atoms with Crippen molar-refractivity contribution in [3.05, 3.63) is 87.8 Å². The van der Waals surface area contributed by atoms with Crippen LogP contribution in [-0.2, 0) is 9.59 Å². The highest BCUT2D eigenvalue weighted by atomic mass is 32.2. The number of hydrogen-bond acceptors (Lipinski definition) is 6. The number of ether oxygens (including phenoxy) is 2. The highest BCUT2D eigenvalue weighted by Crippen LogP contribution is 2.32. The average Bonchev–Trinajstić information content (AvgIpc) is 3.18. The second-order valence-electron chi connectivity index (χ2n) is 8.39. The van der Waals surface area contributed by atoms with Crippen molar-refractivity contribution < 1.29 is 19.1 Å². The van der Waals surface area contributed by atoms with Crippen LogP contribution in [0, 0.1) is 20.8 Å². The molecule has 8 heteroatoms. The number of benzene rings is 3. The SMILES string of the molecule is COc1cc(/C=C2\SC(=Nc3ccc(C)cc3C)NC2=O)ccc1OCC(=O)Nc1cccc(C)c1. The third-order valence-electron chi connectivity index (χ3n) is 5.37. The number of anilines is 1. The summed E-state index contributed by atoms with van der Waals surface area (Å²) in [7, 11) is 1.53. The largest absolute Gasteiger partial charge is 0.493 e. The van der Waals surface area contributed by atoms with Gasteiger partial charge in [0.2, 0.25) is 0 Å². The molecule has 1 heterocycles. The van der Waals surface area contributed by atoms with Crippen LogP contribution in [0.5, 0.6) is 11.5 Å². The molecule has 7 nitrogen and oxygen atoms in total. The van der Waals surface area contributed by atoms with E-state index in [0.29, 0.717) is 27.3 Å². The van der Waals surface area contributed by atoms with Gasteiger partial charge >= 0.3 is 0 Å². The maximum atomic E-state index is 12.5. The van der Waals surface area contributed by atoms with Gasteiger partial charge in [0.25, 0.3) is 11.8 Å². The van der Waals surface area contributed by atoms with Gasteiger partial charge in [0.15, 0.2) is 23.3 Å². The predicted octanol–water partition coefficient (Wildman–Crippen LogP) is 5.53. The van der Waals surface area contributed by atoms with Crippen molar-refractivity contribution in [1.29, 1.82) is 0 Å². The fraction of sp³-hybridized carbons (Fsp3) is 0.179. The van der Waals surface area contributed by atoms with E-state index in [1.807, 2.05) is 57.2 Å². The van der Waals surface area contributed by atoms with Crippen molar-refractivity contribution >= 4 is 46.2 Å². The van der Waals surface area contributed by atoms with Gasteiger partial charge in [0, 0.05) is 5.69 Å². The number of nitrogens with one attached hydrogen (secondary N) is 2. The maximum absolute atomic E-state index is 12.5. The van der Waals surface area contributed by atoms with Gasteiger partial charge in [-0.05, 0) is 85.6 Å². The van der Waals surface area contributed by atoms with Crippen LogP contribution in [0.2, 0.25) is 0 Å². The highest BCUT2D eigenvalue weighted by Gasteiger charge is 2.24. The highest BCUT2D eigenvalue weighted by molar-refractivity contribution is 8.18. The summed E-state index contributed by atoms with van der Waals surface area (Å²) in [6, 6.07) is 18.8. The van der Waals surface area contributed by atoms with Gasteiger partial charge in [0.05, 0.1) is 17.7 Å². The predicted molar refractivity (Wildman–Crippen MR) is 145 cm³/mol. The van der Waals surface area contributed by atoms with Crippen LogP contribution in [0.3, 0.4) is 0 Å². The molecule has 1 aliphatic rings. The number of amides is 2. The number of carbonyl (C=O) groups is 2. The zero-order valence-electron chi connectivity index (χ0n) is 20.5. The lowest BCUT2D eigenvalue weighted by Crippen LogP contribution is -2.20. The third kappa shape index (κ3) is 6.34. The fourth-order valence-corrected chi connectivity index (χ4v) is 4.46. The smallest absolute Gasteiger partial charge is 0.264 e. The first kappa shape index (κ1) is 25.1. The van der Waals surface area contributed by atoms with Crippen molar-refractivity contribution in [3.63, 3.8) is 0 Å². The van der Waals surface area contributed by atoms with Gasteiger partial charge in [-0.15, -0.1) is 0 Å². The molecule has 1 fully saturated rings. The van der Waals surface area contributed by atoms with E-state index in [0.717, 1.165) is 27.9 Å². The molecule has 0 saturated carbocycles. The van der Waals surface area contributed by atoms with Crippen LogP contribution in [0.1, 0.15) is 22.3 Å². The lowest BCUT2D eigenvalue weighted by atomic mass is 10.1. The van der Waals surface area contributed by atoms with Crippen LogP contribution >= 0.6 is 11.8 Å². The Balaban J connectivity index is 1.43. The first-order valence-corrected chi connectivity index (χ1v) is 12.2. The van der Waals surface area contributed by atoms with Crippen molar-refractivity contribution in [2.45, 2.75) is 20.8 Å². The zero-order valence-corrected chi connectivity index (χ0v) is 21.4. The number of carbonyl (C=O) groups excluding carboxylic acids is 2. The summed E-state index contributed by atoms with van der Waals surface area (Å²) in [4.78, 5) is 29.9. The van der Waals surface area contributed by atoms with Crippen LogP contribution < -0.4 is 20.1 Å². The number of amidine groups is 1. The molecule has 2 N–H and O–H groups in total. The van der Waals surface area contributed by atoms with Gasteiger partial charge in [-0.3, -0.25) is 9.59 Å². The Morgan fingerprint density at radius 2 is 1.83 bits per heavy atom. The molecular weight excluding hydrogens is 474 g/mol. The zero-order chi connectivity index (χ0) is 25.7. The van der Waals surface area contributed by atoms with Crippen LogP contribution in [0.4, 0.5) is 11.4 Å². The van der Waals surface area contributed by atoms with Crippen LogP contribution in [0.15, 0.2) is 70.6 Å². The van der Waals surface area contributed by atoms with Crippen molar-refractivity contribution in [1.82, 2.24) is 5.32 Å². The maximum Gasteiger partial charge on any atom is 0.264 e. The summed E-state index contributed by atoms with van der Waals surface area (Å²) in [6.07, 6.45) is 1.77. The Kier molecular flexibility index (Phi) is 7.75. The van der Waals surface area contributed by atoms with Gasteiger partial charge in [-0.1, -0.05) is 35.9 Å². The Morgan fingerprint density at radius 1 is 1.03 bits per heavy atom. The monoisotopic (exact) mass is 501 g/mol. The second-order valence-corrected chi connectivity index (χ2v) is 9.42. The summed E-state index contributed by atoms with van der Waals surface area (Å²) < 4.78 is 11.1. The van der Waals surface area contributed by atoms with E-state index in [4.69, 9.17) is 9.47 Å². The Morgan fingerprint density at radius 3 is 2.58 bits per heavy atom. The van der Waals surface area contributed by atoms with Crippen LogP contribution in [0.25, 0.3) is 6.08 Å². The van der Waals surface area contributed by atoms with Gasteiger partial charge in [-0.2, -0.15) is 0 Å². The number of nitrogens with zero attached hydrogens (tertiary/aromatic N) is 1. The lowest BCUT2D eigenvalue weighted by molar-refractivity contribution is -0.118. The average molecular weight is 502 g/mol. The molecule has 1 saturated heterocycles. The summed E-state index contributed by atoms with van der Waals surface area (Å²) in [5, 5.41) is 6.16. The van der Waals surface area contributed by atoms with Crippen molar-refractivity contribution in [2.24, 2.45) is 4.99 Å². The number of hydrogen-bond donors (Lipinski definition) is 2. The molecule has 36 heavy (non-hydrogen) atoms. The van der Waals surface area contributed by atoms with E-state index < -0.39 is 0 Å². The molecule has 0 unspecified atom stereocenters. The molecular formula is C28H27N3O4S.